The van der Waals surface area contributed by atoms with Crippen molar-refractivity contribution in [3.8, 4) is 0 Å². The molecule has 0 aliphatic carbocycles. The van der Waals surface area contributed by atoms with Gasteiger partial charge in [-0.25, -0.2) is 15.0 Å². The Morgan fingerprint density at radius 1 is 1.21 bits per heavy atom. The zero-order valence-electron chi connectivity index (χ0n) is 16.2. The first-order chi connectivity index (χ1) is 13.3. The zero-order chi connectivity index (χ0) is 20.1. The summed E-state index contributed by atoms with van der Waals surface area (Å²) >= 11 is 6.36. The van der Waals surface area contributed by atoms with Crippen LogP contribution in [0.3, 0.4) is 0 Å². The van der Waals surface area contributed by atoms with Gasteiger partial charge in [-0.1, -0.05) is 35.9 Å². The van der Waals surface area contributed by atoms with Gasteiger partial charge in [0.15, 0.2) is 11.4 Å². The maximum Gasteiger partial charge on any atom is 0.229 e. The minimum Gasteiger partial charge on any atom is -0.432 e. The molecule has 3 aromatic heterocycles. The highest BCUT2D eigenvalue weighted by Gasteiger charge is 2.19. The van der Waals surface area contributed by atoms with Crippen molar-refractivity contribution in [1.82, 2.24) is 15.0 Å². The molecule has 0 saturated heterocycles. The minimum absolute atomic E-state index is 0.502. The summed E-state index contributed by atoms with van der Waals surface area (Å²) < 4.78 is 5.97. The second-order valence-corrected chi connectivity index (χ2v) is 7.81. The molecule has 7 heteroatoms. The lowest BCUT2D eigenvalue weighted by molar-refractivity contribution is 0.0785. The van der Waals surface area contributed by atoms with E-state index in [-0.39, 0.29) is 0 Å². The maximum absolute atomic E-state index is 10.2. The van der Waals surface area contributed by atoms with Gasteiger partial charge in [-0.15, -0.1) is 0 Å². The smallest absolute Gasteiger partial charge is 0.229 e. The lowest BCUT2D eigenvalue weighted by atomic mass is 9.96. The second kappa shape index (κ2) is 6.72. The number of hydrogen-bond donors (Lipinski definition) is 2. The first kappa shape index (κ1) is 18.7. The van der Waals surface area contributed by atoms with Gasteiger partial charge in [0.2, 0.25) is 5.71 Å². The van der Waals surface area contributed by atoms with Crippen LogP contribution in [-0.4, -0.2) is 20.1 Å². The summed E-state index contributed by atoms with van der Waals surface area (Å²) in [7, 11) is 0. The zero-order valence-corrected chi connectivity index (χ0v) is 16.9. The van der Waals surface area contributed by atoms with Gasteiger partial charge in [0.05, 0.1) is 21.7 Å². The fourth-order valence-electron chi connectivity index (χ4n) is 3.27. The van der Waals surface area contributed by atoms with Gasteiger partial charge >= 0.3 is 0 Å². The number of fused-ring (bicyclic) bond motifs is 3. The van der Waals surface area contributed by atoms with Gasteiger partial charge in [-0.3, -0.25) is 0 Å². The highest BCUT2D eigenvalue weighted by atomic mass is 35.5. The van der Waals surface area contributed by atoms with Crippen LogP contribution in [0.4, 0.5) is 5.82 Å². The minimum atomic E-state index is -0.892. The molecule has 2 N–H and O–H groups in total. The number of anilines is 1. The largest absolute Gasteiger partial charge is 0.432 e. The topological polar surface area (TPSA) is 84.1 Å². The van der Waals surface area contributed by atoms with E-state index in [1.165, 1.54) is 6.33 Å². The third-order valence-electron chi connectivity index (χ3n) is 4.84. The molecule has 0 aliphatic heterocycles. The van der Waals surface area contributed by atoms with E-state index in [0.29, 0.717) is 34.2 Å². The fourth-order valence-corrected chi connectivity index (χ4v) is 3.41. The molecule has 28 heavy (non-hydrogen) atoms. The number of rotatable bonds is 4. The average Bonchev–Trinajstić information content (AvgIpc) is 3.03. The molecule has 1 aromatic carbocycles. The Balaban J connectivity index is 1.72. The summed E-state index contributed by atoms with van der Waals surface area (Å²) in [6, 6.07) is 7.80. The van der Waals surface area contributed by atoms with E-state index in [0.717, 1.165) is 27.8 Å². The lowest BCUT2D eigenvalue weighted by Crippen LogP contribution is -2.15. The molecule has 0 fully saturated rings. The molecule has 0 radical (unpaired) electrons. The van der Waals surface area contributed by atoms with E-state index in [4.69, 9.17) is 16.0 Å². The van der Waals surface area contributed by atoms with Gasteiger partial charge in [-0.05, 0) is 44.4 Å². The van der Waals surface area contributed by atoms with Crippen molar-refractivity contribution < 1.29 is 9.52 Å². The van der Waals surface area contributed by atoms with Crippen LogP contribution in [0, 0.1) is 13.8 Å². The van der Waals surface area contributed by atoms with E-state index in [1.807, 2.05) is 38.1 Å². The molecule has 0 saturated carbocycles. The number of pyridine rings is 1. The van der Waals surface area contributed by atoms with E-state index in [1.54, 1.807) is 13.8 Å². The molecule has 0 amide bonds. The number of benzene rings is 1. The number of nitrogens with zero attached hydrogens (tertiary/aromatic N) is 3. The number of aromatic nitrogens is 3. The SMILES string of the molecule is Cc1nc2oc3c(NCc4cccc(C(C)(C)O)c4)ncnc3c2c(C)c1Cl. The van der Waals surface area contributed by atoms with Crippen LogP contribution in [0.2, 0.25) is 5.02 Å². The van der Waals surface area contributed by atoms with Crippen molar-refractivity contribution in [2.45, 2.75) is 39.8 Å². The molecule has 144 valence electrons. The number of furan rings is 1. The summed E-state index contributed by atoms with van der Waals surface area (Å²) in [5.74, 6) is 0.588. The molecule has 6 nitrogen and oxygen atoms in total. The first-order valence-corrected chi connectivity index (χ1v) is 9.39. The molecule has 3 heterocycles. The van der Waals surface area contributed by atoms with Crippen LogP contribution in [0.25, 0.3) is 22.2 Å². The van der Waals surface area contributed by atoms with Crippen molar-refractivity contribution in [3.05, 3.63) is 58.0 Å². The molecular weight excluding hydrogens is 376 g/mol. The molecule has 0 unspecified atom stereocenters. The van der Waals surface area contributed by atoms with Crippen LogP contribution in [0.15, 0.2) is 35.0 Å². The van der Waals surface area contributed by atoms with Crippen LogP contribution in [-0.2, 0) is 12.1 Å². The third-order valence-corrected chi connectivity index (χ3v) is 5.39. The van der Waals surface area contributed by atoms with E-state index in [9.17, 15) is 5.11 Å². The van der Waals surface area contributed by atoms with Crippen LogP contribution in [0.5, 0.6) is 0 Å². The van der Waals surface area contributed by atoms with Gasteiger partial charge in [0.25, 0.3) is 0 Å². The Labute approximate surface area is 167 Å². The standard InChI is InChI=1S/C21H21ClN4O2/c1-11-15-17-18(28-20(15)26-12(2)16(11)22)19(25-10-24-17)23-9-13-6-5-7-14(8-13)21(3,4)27/h5-8,10,27H,9H2,1-4H3,(H,23,24,25). The van der Waals surface area contributed by atoms with Crippen molar-refractivity contribution in [1.29, 1.82) is 0 Å². The second-order valence-electron chi connectivity index (χ2n) is 7.43. The van der Waals surface area contributed by atoms with Gasteiger partial charge < -0.3 is 14.8 Å². The highest BCUT2D eigenvalue weighted by Crippen LogP contribution is 2.35. The summed E-state index contributed by atoms with van der Waals surface area (Å²) in [6.07, 6.45) is 1.50. The lowest BCUT2D eigenvalue weighted by Gasteiger charge is -2.18. The van der Waals surface area contributed by atoms with Crippen LogP contribution >= 0.6 is 11.6 Å². The van der Waals surface area contributed by atoms with Gasteiger partial charge in [-0.2, -0.15) is 0 Å². The molecule has 0 aliphatic rings. The van der Waals surface area contributed by atoms with Crippen molar-refractivity contribution in [2.75, 3.05) is 5.32 Å². The molecule has 4 aromatic rings. The summed E-state index contributed by atoms with van der Waals surface area (Å²) in [4.78, 5) is 13.2. The third kappa shape index (κ3) is 3.19. The Bertz CT molecular complexity index is 1190. The van der Waals surface area contributed by atoms with Gasteiger partial charge in [0, 0.05) is 6.54 Å². The van der Waals surface area contributed by atoms with Crippen molar-refractivity contribution in [2.24, 2.45) is 0 Å². The first-order valence-electron chi connectivity index (χ1n) is 9.01. The maximum atomic E-state index is 10.2. The van der Waals surface area contributed by atoms with E-state index < -0.39 is 5.60 Å². The summed E-state index contributed by atoms with van der Waals surface area (Å²) in [5, 5.41) is 14.9. The summed E-state index contributed by atoms with van der Waals surface area (Å²) in [6.45, 7) is 7.85. The fraction of sp³-hybridized carbons (Fsp3) is 0.286. The number of halogens is 1. The number of aliphatic hydroxyl groups is 1. The van der Waals surface area contributed by atoms with Crippen LogP contribution in [0.1, 0.15) is 36.2 Å². The molecule has 0 bridgehead atoms. The predicted octanol–water partition coefficient (Wildman–Crippen LogP) is 4.88. The Morgan fingerprint density at radius 3 is 2.75 bits per heavy atom. The molecule has 0 atom stereocenters. The van der Waals surface area contributed by atoms with E-state index in [2.05, 4.69) is 20.3 Å². The predicted molar refractivity (Wildman–Crippen MR) is 111 cm³/mol. The number of hydrogen-bond acceptors (Lipinski definition) is 6. The Morgan fingerprint density at radius 2 is 2.00 bits per heavy atom. The van der Waals surface area contributed by atoms with Crippen LogP contribution < -0.4 is 5.32 Å². The monoisotopic (exact) mass is 396 g/mol. The van der Waals surface area contributed by atoms with Gasteiger partial charge in [0.1, 0.15) is 11.8 Å². The molecular formula is C21H21ClN4O2. The normalized spacial score (nSPS) is 12.1. The molecule has 4 rings (SSSR count). The number of aryl methyl sites for hydroxylation is 2. The Hall–Kier alpha value is -2.70. The van der Waals surface area contributed by atoms with E-state index >= 15 is 0 Å². The van der Waals surface area contributed by atoms with Crippen molar-refractivity contribution >= 4 is 39.6 Å². The average molecular weight is 397 g/mol. The Kier molecular flexibility index (Phi) is 4.48. The molecule has 0 spiro atoms. The van der Waals surface area contributed by atoms with Crippen molar-refractivity contribution in [3.63, 3.8) is 0 Å². The summed E-state index contributed by atoms with van der Waals surface area (Å²) in [5.41, 5.74) is 4.34. The highest BCUT2D eigenvalue weighted by molar-refractivity contribution is 6.33. The number of nitrogens with one attached hydrogen (secondary N) is 1. The quantitative estimate of drug-likeness (QED) is 0.511.